The van der Waals surface area contributed by atoms with E-state index in [-0.39, 0.29) is 5.91 Å². The highest BCUT2D eigenvalue weighted by Gasteiger charge is 2.30. The van der Waals surface area contributed by atoms with Gasteiger partial charge in [-0.3, -0.25) is 4.79 Å². The molecular weight excluding hydrogens is 322 g/mol. The monoisotopic (exact) mass is 363 g/mol. The van der Waals surface area contributed by atoms with Crippen molar-refractivity contribution < 1.29 is 13.8 Å². The van der Waals surface area contributed by atoms with Crippen LogP contribution in [0.3, 0.4) is 0 Å². The molecule has 0 saturated heterocycles. The standard InChI is InChI=1S/C22H41N3O/c1-7-23(8-2)22(26)20-25(6,19-18-24(5,9-3)10-4)17-16-21-14-12-11-13-15-21/h11-15H,7-10,16-20H2,1-6H3/q+2/t25-/m0/s1. The number of benzene rings is 1. The van der Waals surface area contributed by atoms with Crippen LogP contribution >= 0.6 is 0 Å². The number of quaternary nitrogens is 2. The maximum absolute atomic E-state index is 12.8. The normalized spacial score (nSPS) is 14.1. The highest BCUT2D eigenvalue weighted by molar-refractivity contribution is 5.77. The molecule has 4 nitrogen and oxygen atoms in total. The summed E-state index contributed by atoms with van der Waals surface area (Å²) in [5, 5.41) is 0. The second-order valence-corrected chi connectivity index (χ2v) is 8.00. The summed E-state index contributed by atoms with van der Waals surface area (Å²) in [4.78, 5) is 14.8. The number of nitrogens with zero attached hydrogens (tertiary/aromatic N) is 3. The second-order valence-electron chi connectivity index (χ2n) is 8.00. The van der Waals surface area contributed by atoms with Crippen LogP contribution in [0.15, 0.2) is 30.3 Å². The summed E-state index contributed by atoms with van der Waals surface area (Å²) < 4.78 is 1.89. The van der Waals surface area contributed by atoms with Crippen LogP contribution < -0.4 is 0 Å². The van der Waals surface area contributed by atoms with Gasteiger partial charge in [0.15, 0.2) is 6.54 Å². The van der Waals surface area contributed by atoms with Gasteiger partial charge in [-0.25, -0.2) is 0 Å². The average Bonchev–Trinajstić information content (AvgIpc) is 2.66. The van der Waals surface area contributed by atoms with E-state index in [2.05, 4.69) is 72.1 Å². The lowest BCUT2D eigenvalue weighted by atomic mass is 10.1. The molecule has 1 aromatic rings. The van der Waals surface area contributed by atoms with Gasteiger partial charge in [0.2, 0.25) is 0 Å². The summed E-state index contributed by atoms with van der Waals surface area (Å²) >= 11 is 0. The molecule has 0 aromatic heterocycles. The van der Waals surface area contributed by atoms with E-state index in [4.69, 9.17) is 0 Å². The Morgan fingerprint density at radius 1 is 0.846 bits per heavy atom. The first-order valence-electron chi connectivity index (χ1n) is 10.3. The molecule has 4 heteroatoms. The van der Waals surface area contributed by atoms with Crippen LogP contribution in [0, 0.1) is 0 Å². The molecule has 0 spiro atoms. The van der Waals surface area contributed by atoms with Crippen molar-refractivity contribution in [1.29, 1.82) is 0 Å². The first kappa shape index (κ1) is 22.7. The SMILES string of the molecule is CCN(CC)C(=O)C[N@@+](C)(CCc1ccccc1)CC[N+](C)(CC)CC. The third-order valence-corrected chi connectivity index (χ3v) is 6.12. The predicted octanol–water partition coefficient (Wildman–Crippen LogP) is 3.03. The number of rotatable bonds is 12. The molecule has 0 saturated carbocycles. The first-order chi connectivity index (χ1) is 12.3. The Morgan fingerprint density at radius 3 is 1.88 bits per heavy atom. The third kappa shape index (κ3) is 7.08. The fraction of sp³-hybridized carbons (Fsp3) is 0.682. The van der Waals surface area contributed by atoms with E-state index >= 15 is 0 Å². The Morgan fingerprint density at radius 2 is 1.38 bits per heavy atom. The zero-order chi connectivity index (χ0) is 19.6. The zero-order valence-corrected chi connectivity index (χ0v) is 18.0. The minimum atomic E-state index is 0.285. The molecule has 0 heterocycles. The van der Waals surface area contributed by atoms with E-state index in [1.807, 2.05) is 4.90 Å². The van der Waals surface area contributed by atoms with Crippen LogP contribution in [0.1, 0.15) is 33.3 Å². The molecule has 1 aromatic carbocycles. The number of carbonyl (C=O) groups excluding carboxylic acids is 1. The molecule has 0 aliphatic heterocycles. The summed E-state index contributed by atoms with van der Waals surface area (Å²) in [5.41, 5.74) is 1.36. The topological polar surface area (TPSA) is 20.3 Å². The Bertz CT molecular complexity index is 523. The van der Waals surface area contributed by atoms with Gasteiger partial charge in [-0.05, 0) is 33.3 Å². The van der Waals surface area contributed by atoms with Crippen molar-refractivity contribution in [3.05, 3.63) is 35.9 Å². The number of hydrogen-bond donors (Lipinski definition) is 0. The van der Waals surface area contributed by atoms with Crippen molar-refractivity contribution in [2.45, 2.75) is 34.1 Å². The summed E-state index contributed by atoms with van der Waals surface area (Å²) in [5.74, 6) is 0.285. The van der Waals surface area contributed by atoms with Crippen LogP contribution in [-0.2, 0) is 11.2 Å². The Labute approximate surface area is 161 Å². The summed E-state index contributed by atoms with van der Waals surface area (Å²) in [6.07, 6.45) is 1.02. The van der Waals surface area contributed by atoms with Gasteiger partial charge >= 0.3 is 0 Å². The van der Waals surface area contributed by atoms with Crippen molar-refractivity contribution in [2.75, 3.05) is 66.5 Å². The van der Waals surface area contributed by atoms with E-state index in [0.717, 1.165) is 61.2 Å². The highest BCUT2D eigenvalue weighted by atomic mass is 16.2. The fourth-order valence-electron chi connectivity index (χ4n) is 3.34. The summed E-state index contributed by atoms with van der Waals surface area (Å²) in [6, 6.07) is 10.6. The molecule has 1 amide bonds. The lowest BCUT2D eigenvalue weighted by Gasteiger charge is -2.39. The molecule has 0 fully saturated rings. The van der Waals surface area contributed by atoms with E-state index in [0.29, 0.717) is 6.54 Å². The van der Waals surface area contributed by atoms with Gasteiger partial charge < -0.3 is 13.9 Å². The number of amides is 1. The molecule has 0 bridgehead atoms. The Hall–Kier alpha value is -1.39. The van der Waals surface area contributed by atoms with Crippen molar-refractivity contribution in [3.63, 3.8) is 0 Å². The molecule has 1 atom stereocenters. The van der Waals surface area contributed by atoms with Crippen molar-refractivity contribution >= 4 is 5.91 Å². The summed E-state index contributed by atoms with van der Waals surface area (Å²) in [6.45, 7) is 16.3. The molecule has 0 aliphatic rings. The minimum Gasteiger partial charge on any atom is -0.338 e. The third-order valence-electron chi connectivity index (χ3n) is 6.12. The molecule has 26 heavy (non-hydrogen) atoms. The Balaban J connectivity index is 2.86. The average molecular weight is 364 g/mol. The smallest absolute Gasteiger partial charge is 0.277 e. The molecule has 0 unspecified atom stereocenters. The van der Waals surface area contributed by atoms with E-state index in [1.54, 1.807) is 0 Å². The van der Waals surface area contributed by atoms with Crippen molar-refractivity contribution in [2.24, 2.45) is 0 Å². The van der Waals surface area contributed by atoms with Crippen LogP contribution in [-0.4, -0.2) is 86.2 Å². The number of hydrogen-bond acceptors (Lipinski definition) is 1. The zero-order valence-electron chi connectivity index (χ0n) is 18.0. The van der Waals surface area contributed by atoms with E-state index in [9.17, 15) is 4.79 Å². The van der Waals surface area contributed by atoms with Crippen molar-refractivity contribution in [3.8, 4) is 0 Å². The number of carbonyl (C=O) groups is 1. The van der Waals surface area contributed by atoms with Gasteiger partial charge in [-0.1, -0.05) is 30.3 Å². The molecule has 1 rings (SSSR count). The van der Waals surface area contributed by atoms with E-state index in [1.165, 1.54) is 5.56 Å². The van der Waals surface area contributed by atoms with Gasteiger partial charge in [0, 0.05) is 19.5 Å². The lowest BCUT2D eigenvalue weighted by molar-refractivity contribution is -0.958. The number of likely N-dealkylation sites (N-methyl/N-ethyl adjacent to an activating group) is 3. The van der Waals surface area contributed by atoms with E-state index < -0.39 is 0 Å². The predicted molar refractivity (Wildman–Crippen MR) is 111 cm³/mol. The van der Waals surface area contributed by atoms with Crippen LogP contribution in [0.4, 0.5) is 0 Å². The molecule has 148 valence electrons. The van der Waals surface area contributed by atoms with Crippen LogP contribution in [0.25, 0.3) is 0 Å². The van der Waals surface area contributed by atoms with Gasteiger partial charge in [-0.2, -0.15) is 0 Å². The lowest BCUT2D eigenvalue weighted by Crippen LogP contribution is -2.58. The summed E-state index contributed by atoms with van der Waals surface area (Å²) in [7, 11) is 4.59. The largest absolute Gasteiger partial charge is 0.338 e. The maximum atomic E-state index is 12.8. The van der Waals surface area contributed by atoms with Gasteiger partial charge in [0.05, 0.1) is 33.7 Å². The van der Waals surface area contributed by atoms with Gasteiger partial charge in [0.25, 0.3) is 5.91 Å². The van der Waals surface area contributed by atoms with Gasteiger partial charge in [0.1, 0.15) is 13.1 Å². The first-order valence-corrected chi connectivity index (χ1v) is 10.3. The Kier molecular flexibility index (Phi) is 9.31. The van der Waals surface area contributed by atoms with Crippen LogP contribution in [0.5, 0.6) is 0 Å². The molecule has 0 N–H and O–H groups in total. The van der Waals surface area contributed by atoms with Crippen molar-refractivity contribution in [1.82, 2.24) is 4.90 Å². The van der Waals surface area contributed by atoms with Crippen LogP contribution in [0.2, 0.25) is 0 Å². The minimum absolute atomic E-state index is 0.285. The highest BCUT2D eigenvalue weighted by Crippen LogP contribution is 2.12. The second kappa shape index (κ2) is 10.7. The molecule has 0 aliphatic carbocycles. The maximum Gasteiger partial charge on any atom is 0.277 e. The quantitative estimate of drug-likeness (QED) is 0.523. The molecular formula is C22H41N3O+2. The fourth-order valence-corrected chi connectivity index (χ4v) is 3.34. The molecule has 0 radical (unpaired) electrons. The van der Waals surface area contributed by atoms with Gasteiger partial charge in [-0.15, -0.1) is 0 Å².